The highest BCUT2D eigenvalue weighted by atomic mass is 16.5. The monoisotopic (exact) mass is 477 g/mol. The molecule has 0 saturated heterocycles. The molecular formula is C28H31NO6. The van der Waals surface area contributed by atoms with Crippen molar-refractivity contribution in [1.29, 1.82) is 0 Å². The van der Waals surface area contributed by atoms with Gasteiger partial charge >= 0.3 is 5.97 Å². The van der Waals surface area contributed by atoms with E-state index in [1.165, 1.54) is 0 Å². The summed E-state index contributed by atoms with van der Waals surface area (Å²) in [6, 6.07) is 23.9. The molecule has 0 aliphatic carbocycles. The Hall–Kier alpha value is -3.84. The number of para-hydroxylation sites is 1. The number of anilines is 1. The Labute approximate surface area is 205 Å². The molecule has 35 heavy (non-hydrogen) atoms. The smallest absolute Gasteiger partial charge is 0.333 e. The zero-order valence-corrected chi connectivity index (χ0v) is 20.2. The summed E-state index contributed by atoms with van der Waals surface area (Å²) in [5.74, 6) is 0.789. The fourth-order valence-electron chi connectivity index (χ4n) is 3.60. The molecule has 3 rings (SSSR count). The molecular weight excluding hydrogens is 446 g/mol. The highest BCUT2D eigenvalue weighted by Crippen LogP contribution is 2.25. The summed E-state index contributed by atoms with van der Waals surface area (Å²) in [6.07, 6.45) is -1.35. The van der Waals surface area contributed by atoms with Crippen molar-refractivity contribution < 1.29 is 28.9 Å². The van der Waals surface area contributed by atoms with Gasteiger partial charge in [0, 0.05) is 25.3 Å². The van der Waals surface area contributed by atoms with Crippen LogP contribution in [0.25, 0.3) is 0 Å². The summed E-state index contributed by atoms with van der Waals surface area (Å²) in [6.45, 7) is 6.19. The van der Waals surface area contributed by atoms with E-state index in [9.17, 15) is 14.7 Å². The van der Waals surface area contributed by atoms with Gasteiger partial charge in [-0.15, -0.1) is 0 Å². The molecule has 0 radical (unpaired) electrons. The van der Waals surface area contributed by atoms with E-state index < -0.39 is 18.2 Å². The van der Waals surface area contributed by atoms with Crippen LogP contribution in [0.15, 0.2) is 78.9 Å². The minimum absolute atomic E-state index is 0.171. The molecule has 1 unspecified atom stereocenters. The van der Waals surface area contributed by atoms with Crippen molar-refractivity contribution in [2.24, 2.45) is 0 Å². The zero-order valence-electron chi connectivity index (χ0n) is 20.2. The number of likely N-dealkylation sites (N-methyl/N-ethyl adjacent to an activating group) is 1. The van der Waals surface area contributed by atoms with Crippen molar-refractivity contribution in [2.75, 3.05) is 18.1 Å². The van der Waals surface area contributed by atoms with E-state index in [0.29, 0.717) is 24.7 Å². The number of hydrogen-bond donors (Lipinski definition) is 1. The second-order valence-electron chi connectivity index (χ2n) is 7.88. The molecule has 1 N–H and O–H groups in total. The third-order valence-electron chi connectivity index (χ3n) is 5.36. The predicted octanol–water partition coefficient (Wildman–Crippen LogP) is 5.33. The predicted molar refractivity (Wildman–Crippen MR) is 134 cm³/mol. The first-order chi connectivity index (χ1) is 16.9. The molecule has 0 spiro atoms. The van der Waals surface area contributed by atoms with Crippen LogP contribution in [0, 0.1) is 0 Å². The number of carbonyl (C=O) groups is 2. The van der Waals surface area contributed by atoms with Crippen molar-refractivity contribution in [2.45, 2.75) is 39.4 Å². The van der Waals surface area contributed by atoms with Crippen LogP contribution in [-0.2, 0) is 20.7 Å². The lowest BCUT2D eigenvalue weighted by Gasteiger charge is -2.25. The molecule has 1 amide bonds. The van der Waals surface area contributed by atoms with Crippen LogP contribution >= 0.6 is 0 Å². The summed E-state index contributed by atoms with van der Waals surface area (Å²) >= 11 is 0. The van der Waals surface area contributed by atoms with Crippen LogP contribution in [0.3, 0.4) is 0 Å². The molecule has 0 fully saturated rings. The van der Waals surface area contributed by atoms with Gasteiger partial charge in [0.25, 0.3) is 5.91 Å². The molecule has 7 nitrogen and oxygen atoms in total. The van der Waals surface area contributed by atoms with Crippen LogP contribution in [-0.4, -0.2) is 42.3 Å². The normalized spacial score (nSPS) is 12.4. The molecule has 2 atom stereocenters. The van der Waals surface area contributed by atoms with E-state index in [2.05, 4.69) is 0 Å². The first kappa shape index (κ1) is 25.8. The lowest BCUT2D eigenvalue weighted by atomic mass is 10.1. The number of rotatable bonds is 12. The average molecular weight is 478 g/mol. The van der Waals surface area contributed by atoms with E-state index in [1.54, 1.807) is 43.0 Å². The van der Waals surface area contributed by atoms with Gasteiger partial charge in [-0.25, -0.2) is 4.79 Å². The molecule has 3 aromatic rings. The Morgan fingerprint density at radius 1 is 0.857 bits per heavy atom. The van der Waals surface area contributed by atoms with Crippen LogP contribution in [0.2, 0.25) is 0 Å². The van der Waals surface area contributed by atoms with Crippen LogP contribution < -0.4 is 14.4 Å². The van der Waals surface area contributed by atoms with Crippen molar-refractivity contribution in [3.05, 3.63) is 84.4 Å². The van der Waals surface area contributed by atoms with E-state index in [4.69, 9.17) is 14.2 Å². The highest BCUT2D eigenvalue weighted by molar-refractivity contribution is 5.96. The second kappa shape index (κ2) is 12.6. The summed E-state index contributed by atoms with van der Waals surface area (Å²) < 4.78 is 17.0. The highest BCUT2D eigenvalue weighted by Gasteiger charge is 2.23. The van der Waals surface area contributed by atoms with E-state index in [1.807, 2.05) is 61.5 Å². The lowest BCUT2D eigenvalue weighted by Crippen LogP contribution is -2.40. The largest absolute Gasteiger partial charge is 0.481 e. The van der Waals surface area contributed by atoms with Gasteiger partial charge in [-0.3, -0.25) is 4.79 Å². The maximum atomic E-state index is 13.1. The van der Waals surface area contributed by atoms with Crippen LogP contribution in [0.4, 0.5) is 5.69 Å². The van der Waals surface area contributed by atoms with Gasteiger partial charge < -0.3 is 24.2 Å². The van der Waals surface area contributed by atoms with Gasteiger partial charge in [0.05, 0.1) is 0 Å². The van der Waals surface area contributed by atoms with Gasteiger partial charge in [0.15, 0.2) is 12.2 Å². The fraction of sp³-hybridized carbons (Fsp3) is 0.286. The molecule has 0 bridgehead atoms. The summed E-state index contributed by atoms with van der Waals surface area (Å²) in [7, 11) is 0. The molecule has 0 aromatic heterocycles. The van der Waals surface area contributed by atoms with Crippen LogP contribution in [0.5, 0.6) is 17.2 Å². The van der Waals surface area contributed by atoms with Gasteiger partial charge in [-0.2, -0.15) is 0 Å². The molecule has 3 aromatic carbocycles. The van der Waals surface area contributed by atoms with Crippen molar-refractivity contribution >= 4 is 17.6 Å². The number of hydrogen-bond acceptors (Lipinski definition) is 5. The Balaban J connectivity index is 1.60. The lowest BCUT2D eigenvalue weighted by molar-refractivity contribution is -0.150. The third kappa shape index (κ3) is 7.32. The summed E-state index contributed by atoms with van der Waals surface area (Å²) in [5, 5.41) is 9.25. The van der Waals surface area contributed by atoms with Gasteiger partial charge in [-0.05, 0) is 74.9 Å². The van der Waals surface area contributed by atoms with Crippen molar-refractivity contribution in [3.8, 4) is 17.2 Å². The number of carboxylic acid groups (broad SMARTS) is 1. The minimum Gasteiger partial charge on any atom is -0.481 e. The molecule has 0 heterocycles. The maximum absolute atomic E-state index is 13.1. The third-order valence-corrected chi connectivity index (χ3v) is 5.36. The first-order valence-corrected chi connectivity index (χ1v) is 11.7. The average Bonchev–Trinajstić information content (AvgIpc) is 2.86. The number of carboxylic acids is 1. The van der Waals surface area contributed by atoms with E-state index >= 15 is 0 Å². The standard InChI is InChI=1S/C28H31NO6/c1-4-29(22-13-17-25(18-14-22)35-23-9-7-6-8-10-23)27(30)20(3)34-24-15-11-21(12-16-24)19-26(28(31)32)33-5-2/h6-18,20,26H,4-5,19H2,1-3H3,(H,31,32)/t20?,26-/m0/s1. The van der Waals surface area contributed by atoms with Crippen molar-refractivity contribution in [3.63, 3.8) is 0 Å². The number of benzene rings is 3. The van der Waals surface area contributed by atoms with E-state index in [0.717, 1.165) is 17.0 Å². The van der Waals surface area contributed by atoms with Gasteiger partial charge in [0.2, 0.25) is 0 Å². The topological polar surface area (TPSA) is 85.3 Å². The molecule has 7 heteroatoms. The molecule has 0 aliphatic rings. The zero-order chi connectivity index (χ0) is 25.2. The second-order valence-corrected chi connectivity index (χ2v) is 7.88. The fourth-order valence-corrected chi connectivity index (χ4v) is 3.60. The Kier molecular flexibility index (Phi) is 9.26. The number of nitrogens with zero attached hydrogens (tertiary/aromatic N) is 1. The summed E-state index contributed by atoms with van der Waals surface area (Å²) in [4.78, 5) is 26.1. The quantitative estimate of drug-likeness (QED) is 0.379. The van der Waals surface area contributed by atoms with Crippen molar-refractivity contribution in [1.82, 2.24) is 0 Å². The number of carbonyl (C=O) groups excluding carboxylic acids is 1. The Morgan fingerprint density at radius 3 is 2.03 bits per heavy atom. The van der Waals surface area contributed by atoms with Crippen LogP contribution in [0.1, 0.15) is 26.3 Å². The molecule has 0 saturated carbocycles. The maximum Gasteiger partial charge on any atom is 0.333 e. The van der Waals surface area contributed by atoms with E-state index in [-0.39, 0.29) is 12.3 Å². The van der Waals surface area contributed by atoms with Gasteiger partial charge in [-0.1, -0.05) is 30.3 Å². The Bertz CT molecular complexity index is 1080. The number of ether oxygens (including phenoxy) is 3. The minimum atomic E-state index is -0.995. The molecule has 0 aliphatic heterocycles. The van der Waals surface area contributed by atoms with Gasteiger partial charge in [0.1, 0.15) is 17.2 Å². The summed E-state index contributed by atoms with van der Waals surface area (Å²) in [5.41, 5.74) is 1.56. The number of aliphatic carboxylic acids is 1. The SMILES string of the molecule is CCO[C@@H](Cc1ccc(OC(C)C(=O)N(CC)c2ccc(Oc3ccccc3)cc2)cc1)C(=O)O. The number of amides is 1. The molecule has 184 valence electrons. The Morgan fingerprint density at radius 2 is 1.46 bits per heavy atom. The first-order valence-electron chi connectivity index (χ1n) is 11.7.